The third-order valence-corrected chi connectivity index (χ3v) is 5.60. The molecule has 1 unspecified atom stereocenters. The number of thioether (sulfide) groups is 1. The fourth-order valence-corrected chi connectivity index (χ4v) is 3.98. The van der Waals surface area contributed by atoms with Crippen LogP contribution in [0.5, 0.6) is 0 Å². The van der Waals surface area contributed by atoms with E-state index in [1.165, 1.54) is 29.2 Å². The van der Waals surface area contributed by atoms with Crippen LogP contribution in [0.2, 0.25) is 0 Å². The highest BCUT2D eigenvalue weighted by Gasteiger charge is 2.54. The van der Waals surface area contributed by atoms with Gasteiger partial charge < -0.3 is 10.2 Å². The Bertz CT molecular complexity index is 883. The highest BCUT2D eigenvalue weighted by Crippen LogP contribution is 2.39. The molecule has 0 bridgehead atoms. The van der Waals surface area contributed by atoms with Gasteiger partial charge in [-0.2, -0.15) is 13.2 Å². The van der Waals surface area contributed by atoms with Crippen molar-refractivity contribution in [2.45, 2.75) is 55.6 Å². The number of anilines is 1. The lowest BCUT2D eigenvalue weighted by Gasteiger charge is -2.29. The predicted molar refractivity (Wildman–Crippen MR) is 110 cm³/mol. The van der Waals surface area contributed by atoms with E-state index in [0.717, 1.165) is 4.90 Å². The summed E-state index contributed by atoms with van der Waals surface area (Å²) in [6.07, 6.45) is 4.24. The molecule has 0 spiro atoms. The first-order valence-electron chi connectivity index (χ1n) is 9.52. The summed E-state index contributed by atoms with van der Waals surface area (Å²) in [6.45, 7) is 6.00. The fourth-order valence-electron chi connectivity index (χ4n) is 3.44. The number of imide groups is 1. The van der Waals surface area contributed by atoms with Crippen LogP contribution >= 0.6 is 11.8 Å². The standard InChI is InChI=1S/C20H23F3N4O2S/c1-13(2)25-16-5-4-12-26-18(29)27(17(28)19(26,3)10-11-24-16)14-6-8-15(9-7-14)30-20(21,22)23/h5-9,11,13,25H,4,10,12H2,1-3H3/b16-5+,24-11-. The molecule has 1 fully saturated rings. The molecule has 2 heterocycles. The van der Waals surface area contributed by atoms with Crippen molar-refractivity contribution in [1.29, 1.82) is 0 Å². The summed E-state index contributed by atoms with van der Waals surface area (Å²) in [7, 11) is 0. The van der Waals surface area contributed by atoms with Gasteiger partial charge in [-0.15, -0.1) is 0 Å². The second-order valence-corrected chi connectivity index (χ2v) is 8.72. The van der Waals surface area contributed by atoms with Crippen LogP contribution in [0.15, 0.2) is 46.1 Å². The normalized spacial score (nSPS) is 25.4. The number of rotatable bonds is 4. The number of nitrogens with one attached hydrogen (secondary N) is 1. The molecule has 2 aliphatic heterocycles. The van der Waals surface area contributed by atoms with Crippen molar-refractivity contribution < 1.29 is 22.8 Å². The molecule has 0 saturated carbocycles. The van der Waals surface area contributed by atoms with Gasteiger partial charge in [0, 0.05) is 30.1 Å². The molecule has 1 atom stereocenters. The number of hydrogen-bond acceptors (Lipinski definition) is 5. The molecular formula is C20H23F3N4O2S. The SMILES string of the molecule is CC(C)NC1=C/CCN2C(=O)N(c3ccc(SC(F)(F)F)cc3)C(=O)C2(C)C/C=N\1. The van der Waals surface area contributed by atoms with E-state index in [2.05, 4.69) is 10.3 Å². The van der Waals surface area contributed by atoms with Crippen LogP contribution in [-0.4, -0.2) is 46.7 Å². The van der Waals surface area contributed by atoms with Crippen LogP contribution in [0.1, 0.15) is 33.6 Å². The molecule has 10 heteroatoms. The van der Waals surface area contributed by atoms with E-state index in [0.29, 0.717) is 18.8 Å². The molecule has 1 aromatic carbocycles. The summed E-state index contributed by atoms with van der Waals surface area (Å²) in [5.74, 6) is 0.278. The van der Waals surface area contributed by atoms with Crippen LogP contribution < -0.4 is 10.2 Å². The minimum Gasteiger partial charge on any atom is -0.368 e. The first-order valence-corrected chi connectivity index (χ1v) is 10.3. The fraction of sp³-hybridized carbons (Fsp3) is 0.450. The third kappa shape index (κ3) is 4.63. The van der Waals surface area contributed by atoms with E-state index in [4.69, 9.17) is 0 Å². The number of nitrogens with zero attached hydrogens (tertiary/aromatic N) is 3. The first-order chi connectivity index (χ1) is 14.0. The first kappa shape index (κ1) is 22.2. The number of urea groups is 1. The summed E-state index contributed by atoms with van der Waals surface area (Å²) in [4.78, 5) is 33.2. The van der Waals surface area contributed by atoms with Gasteiger partial charge in [-0.05, 0) is 69.3 Å². The Labute approximate surface area is 177 Å². The van der Waals surface area contributed by atoms with Gasteiger partial charge in [0.15, 0.2) is 0 Å². The van der Waals surface area contributed by atoms with Crippen molar-refractivity contribution in [3.05, 3.63) is 36.2 Å². The number of carbonyl (C=O) groups is 2. The Morgan fingerprint density at radius 3 is 2.47 bits per heavy atom. The minimum absolute atomic E-state index is 0.0122. The highest BCUT2D eigenvalue weighted by molar-refractivity contribution is 8.00. The van der Waals surface area contributed by atoms with E-state index in [1.807, 2.05) is 19.9 Å². The Morgan fingerprint density at radius 2 is 1.87 bits per heavy atom. The molecule has 3 amide bonds. The average molecular weight is 440 g/mol. The summed E-state index contributed by atoms with van der Waals surface area (Å²) < 4.78 is 37.6. The van der Waals surface area contributed by atoms with Crippen molar-refractivity contribution >= 4 is 35.6 Å². The second-order valence-electron chi connectivity index (χ2n) is 7.58. The molecule has 1 N–H and O–H groups in total. The molecule has 1 saturated heterocycles. The van der Waals surface area contributed by atoms with Crippen LogP contribution in [0.25, 0.3) is 0 Å². The Morgan fingerprint density at radius 1 is 1.20 bits per heavy atom. The highest BCUT2D eigenvalue weighted by atomic mass is 32.2. The summed E-state index contributed by atoms with van der Waals surface area (Å²) in [5, 5.41) is 3.22. The van der Waals surface area contributed by atoms with Gasteiger partial charge in [0.05, 0.1) is 5.69 Å². The molecule has 162 valence electrons. The number of benzene rings is 1. The number of amides is 3. The monoisotopic (exact) mass is 440 g/mol. The quantitative estimate of drug-likeness (QED) is 0.552. The van der Waals surface area contributed by atoms with E-state index in [1.54, 1.807) is 13.1 Å². The number of fused-ring (bicyclic) bond motifs is 1. The van der Waals surface area contributed by atoms with Crippen LogP contribution in [-0.2, 0) is 4.79 Å². The maximum atomic E-state index is 13.2. The summed E-state index contributed by atoms with van der Waals surface area (Å²) in [5.41, 5.74) is -5.27. The van der Waals surface area contributed by atoms with E-state index in [9.17, 15) is 22.8 Å². The topological polar surface area (TPSA) is 65.0 Å². The lowest BCUT2D eigenvalue weighted by Crippen LogP contribution is -2.47. The lowest BCUT2D eigenvalue weighted by molar-refractivity contribution is -0.123. The summed E-state index contributed by atoms with van der Waals surface area (Å²) >= 11 is -0.244. The smallest absolute Gasteiger partial charge is 0.368 e. The number of alkyl halides is 3. The molecule has 1 aromatic rings. The minimum atomic E-state index is -4.40. The average Bonchev–Trinajstić information content (AvgIpc) is 2.85. The molecular weight excluding hydrogens is 417 g/mol. The molecule has 2 aliphatic rings. The molecule has 0 aromatic heterocycles. The van der Waals surface area contributed by atoms with Gasteiger partial charge in [0.2, 0.25) is 0 Å². The number of carbonyl (C=O) groups excluding carboxylic acids is 2. The Balaban J connectivity index is 1.84. The maximum absolute atomic E-state index is 13.2. The van der Waals surface area contributed by atoms with Crippen molar-refractivity contribution in [2.75, 3.05) is 11.4 Å². The molecule has 6 nitrogen and oxygen atoms in total. The molecule has 0 radical (unpaired) electrons. The Kier molecular flexibility index (Phi) is 6.16. The van der Waals surface area contributed by atoms with Gasteiger partial charge in [0.25, 0.3) is 5.91 Å². The Hall–Kier alpha value is -2.49. The zero-order valence-corrected chi connectivity index (χ0v) is 17.7. The molecule has 30 heavy (non-hydrogen) atoms. The van der Waals surface area contributed by atoms with Crippen molar-refractivity contribution in [1.82, 2.24) is 10.2 Å². The lowest BCUT2D eigenvalue weighted by atomic mass is 9.96. The zero-order valence-electron chi connectivity index (χ0n) is 16.9. The molecule has 3 rings (SSSR count). The van der Waals surface area contributed by atoms with Crippen LogP contribution in [0, 0.1) is 0 Å². The van der Waals surface area contributed by atoms with Crippen molar-refractivity contribution in [2.24, 2.45) is 4.99 Å². The molecule has 0 aliphatic carbocycles. The van der Waals surface area contributed by atoms with E-state index < -0.39 is 23.0 Å². The van der Waals surface area contributed by atoms with E-state index >= 15 is 0 Å². The third-order valence-electron chi connectivity index (χ3n) is 4.86. The number of hydrogen-bond donors (Lipinski definition) is 1. The predicted octanol–water partition coefficient (Wildman–Crippen LogP) is 4.53. The largest absolute Gasteiger partial charge is 0.446 e. The van der Waals surface area contributed by atoms with Crippen LogP contribution in [0.4, 0.5) is 23.7 Å². The van der Waals surface area contributed by atoms with Crippen molar-refractivity contribution in [3.8, 4) is 0 Å². The second kappa shape index (κ2) is 8.33. The van der Waals surface area contributed by atoms with Gasteiger partial charge in [-0.25, -0.2) is 14.7 Å². The van der Waals surface area contributed by atoms with Gasteiger partial charge in [-0.3, -0.25) is 4.79 Å². The van der Waals surface area contributed by atoms with Gasteiger partial charge in [0.1, 0.15) is 11.4 Å². The van der Waals surface area contributed by atoms with Crippen LogP contribution in [0.3, 0.4) is 0 Å². The van der Waals surface area contributed by atoms with Crippen molar-refractivity contribution in [3.63, 3.8) is 0 Å². The number of aliphatic imine (C=N–C) groups is 1. The van der Waals surface area contributed by atoms with E-state index in [-0.39, 0.29) is 34.8 Å². The maximum Gasteiger partial charge on any atom is 0.446 e. The number of halogens is 3. The van der Waals surface area contributed by atoms with Gasteiger partial charge in [-0.1, -0.05) is 0 Å². The van der Waals surface area contributed by atoms with Gasteiger partial charge >= 0.3 is 11.5 Å². The zero-order chi connectivity index (χ0) is 22.1. The summed E-state index contributed by atoms with van der Waals surface area (Å²) in [6, 6.07) is 4.94.